The second-order valence-corrected chi connectivity index (χ2v) is 4.53. The summed E-state index contributed by atoms with van der Waals surface area (Å²) in [6.45, 7) is 5.72. The summed E-state index contributed by atoms with van der Waals surface area (Å²) in [5, 5.41) is 6.06. The van der Waals surface area contributed by atoms with Gasteiger partial charge in [-0.2, -0.15) is 0 Å². The Bertz CT molecular complexity index is 405. The lowest BCUT2D eigenvalue weighted by atomic mass is 10.1. The Morgan fingerprint density at radius 3 is 3.11 bits per heavy atom. The van der Waals surface area contributed by atoms with Crippen LogP contribution in [0.3, 0.4) is 0 Å². The molecule has 2 atom stereocenters. The standard InChI is InChI=1S/C13H19N3O2/c1-9-3-4-11(7-15-9)8-16-13(17)12-10(2)18-6-5-14-12/h3-4,7,10,12,14H,5-6,8H2,1-2H3,(H,16,17)/t10-,12+/m1/s1. The first-order valence-corrected chi connectivity index (χ1v) is 6.21. The molecule has 1 amide bonds. The minimum atomic E-state index is -0.267. The van der Waals surface area contributed by atoms with Crippen molar-refractivity contribution in [3.05, 3.63) is 29.6 Å². The number of carbonyl (C=O) groups excluding carboxylic acids is 1. The van der Waals surface area contributed by atoms with Gasteiger partial charge in [-0.25, -0.2) is 0 Å². The first-order valence-electron chi connectivity index (χ1n) is 6.21. The lowest BCUT2D eigenvalue weighted by Gasteiger charge is -2.29. The average molecular weight is 249 g/mol. The van der Waals surface area contributed by atoms with Gasteiger partial charge in [0.15, 0.2) is 0 Å². The molecule has 1 aliphatic rings. The summed E-state index contributed by atoms with van der Waals surface area (Å²) in [5.74, 6) is -0.0252. The van der Waals surface area contributed by atoms with Crippen molar-refractivity contribution in [2.75, 3.05) is 13.2 Å². The molecule has 2 heterocycles. The molecular weight excluding hydrogens is 230 g/mol. The van der Waals surface area contributed by atoms with Gasteiger partial charge in [-0.3, -0.25) is 9.78 Å². The van der Waals surface area contributed by atoms with Crippen molar-refractivity contribution < 1.29 is 9.53 Å². The van der Waals surface area contributed by atoms with E-state index in [0.29, 0.717) is 19.7 Å². The molecule has 2 rings (SSSR count). The Kier molecular flexibility index (Phi) is 4.28. The van der Waals surface area contributed by atoms with Crippen LogP contribution in [0.2, 0.25) is 0 Å². The molecule has 1 fully saturated rings. The van der Waals surface area contributed by atoms with Gasteiger partial charge in [0.25, 0.3) is 0 Å². The maximum atomic E-state index is 12.0. The number of hydrogen-bond donors (Lipinski definition) is 2. The Morgan fingerprint density at radius 1 is 1.61 bits per heavy atom. The van der Waals surface area contributed by atoms with Crippen LogP contribution in [0.25, 0.3) is 0 Å². The number of pyridine rings is 1. The van der Waals surface area contributed by atoms with Crippen LogP contribution in [0.4, 0.5) is 0 Å². The molecule has 2 N–H and O–H groups in total. The molecule has 18 heavy (non-hydrogen) atoms. The van der Waals surface area contributed by atoms with Crippen LogP contribution in [0.15, 0.2) is 18.3 Å². The van der Waals surface area contributed by atoms with E-state index in [1.165, 1.54) is 0 Å². The van der Waals surface area contributed by atoms with Gasteiger partial charge in [0.05, 0.1) is 12.7 Å². The van der Waals surface area contributed by atoms with E-state index in [2.05, 4.69) is 15.6 Å². The molecule has 1 aromatic heterocycles. The largest absolute Gasteiger partial charge is 0.375 e. The van der Waals surface area contributed by atoms with Gasteiger partial charge in [-0.15, -0.1) is 0 Å². The second kappa shape index (κ2) is 5.93. The van der Waals surface area contributed by atoms with E-state index in [1.54, 1.807) is 6.20 Å². The van der Waals surface area contributed by atoms with Crippen LogP contribution < -0.4 is 10.6 Å². The molecule has 0 spiro atoms. The van der Waals surface area contributed by atoms with Gasteiger partial charge in [0.1, 0.15) is 6.04 Å². The quantitative estimate of drug-likeness (QED) is 0.813. The first kappa shape index (κ1) is 13.0. The van der Waals surface area contributed by atoms with Gasteiger partial charge in [-0.05, 0) is 25.5 Å². The third kappa shape index (κ3) is 3.27. The number of ether oxygens (including phenoxy) is 1. The molecule has 5 heteroatoms. The Balaban J connectivity index is 1.85. The van der Waals surface area contributed by atoms with Crippen molar-refractivity contribution in [3.8, 4) is 0 Å². The highest BCUT2D eigenvalue weighted by molar-refractivity contribution is 5.82. The molecule has 0 radical (unpaired) electrons. The molecule has 0 bridgehead atoms. The molecule has 0 unspecified atom stereocenters. The second-order valence-electron chi connectivity index (χ2n) is 4.53. The fourth-order valence-electron chi connectivity index (χ4n) is 1.93. The number of morpholine rings is 1. The number of rotatable bonds is 3. The van der Waals surface area contributed by atoms with Gasteiger partial charge >= 0.3 is 0 Å². The van der Waals surface area contributed by atoms with Crippen LogP contribution in [-0.2, 0) is 16.1 Å². The van der Waals surface area contributed by atoms with Crippen molar-refractivity contribution >= 4 is 5.91 Å². The fourth-order valence-corrected chi connectivity index (χ4v) is 1.93. The number of aromatic nitrogens is 1. The molecule has 0 saturated carbocycles. The van der Waals surface area contributed by atoms with Gasteiger partial charge in [0.2, 0.25) is 5.91 Å². The number of aryl methyl sites for hydroxylation is 1. The highest BCUT2D eigenvalue weighted by Crippen LogP contribution is 2.05. The number of nitrogens with zero attached hydrogens (tertiary/aromatic N) is 1. The molecule has 0 aromatic carbocycles. The van der Waals surface area contributed by atoms with Crippen molar-refractivity contribution in [2.24, 2.45) is 0 Å². The zero-order valence-corrected chi connectivity index (χ0v) is 10.8. The number of nitrogens with one attached hydrogen (secondary N) is 2. The van der Waals surface area contributed by atoms with E-state index < -0.39 is 0 Å². The molecule has 1 aliphatic heterocycles. The van der Waals surface area contributed by atoms with E-state index in [0.717, 1.165) is 11.3 Å². The van der Waals surface area contributed by atoms with Crippen molar-refractivity contribution in [1.29, 1.82) is 0 Å². The topological polar surface area (TPSA) is 63.2 Å². The molecule has 1 aromatic rings. The lowest BCUT2D eigenvalue weighted by Crippen LogP contribution is -2.55. The van der Waals surface area contributed by atoms with E-state index in [4.69, 9.17) is 4.74 Å². The monoisotopic (exact) mass is 249 g/mol. The van der Waals surface area contributed by atoms with Crippen molar-refractivity contribution in [2.45, 2.75) is 32.5 Å². The molecule has 0 aliphatic carbocycles. The van der Waals surface area contributed by atoms with Gasteiger partial charge in [0, 0.05) is 25.0 Å². The summed E-state index contributed by atoms with van der Waals surface area (Å²) < 4.78 is 5.44. The molecule has 1 saturated heterocycles. The van der Waals surface area contributed by atoms with Crippen LogP contribution in [0, 0.1) is 6.92 Å². The predicted octanol–water partition coefficient (Wildman–Crippen LogP) is 0.383. The summed E-state index contributed by atoms with van der Waals surface area (Å²) in [7, 11) is 0. The van der Waals surface area contributed by atoms with E-state index in [-0.39, 0.29) is 18.1 Å². The molecule has 98 valence electrons. The third-order valence-electron chi connectivity index (χ3n) is 3.04. The van der Waals surface area contributed by atoms with Crippen LogP contribution >= 0.6 is 0 Å². The number of hydrogen-bond acceptors (Lipinski definition) is 4. The van der Waals surface area contributed by atoms with E-state index in [1.807, 2.05) is 26.0 Å². The third-order valence-corrected chi connectivity index (χ3v) is 3.04. The van der Waals surface area contributed by atoms with Crippen molar-refractivity contribution in [1.82, 2.24) is 15.6 Å². The first-order chi connectivity index (χ1) is 8.66. The maximum Gasteiger partial charge on any atom is 0.240 e. The molecule has 5 nitrogen and oxygen atoms in total. The van der Waals surface area contributed by atoms with E-state index in [9.17, 15) is 4.79 Å². The summed E-state index contributed by atoms with van der Waals surface area (Å²) in [4.78, 5) is 16.2. The predicted molar refractivity (Wildman–Crippen MR) is 68.0 cm³/mol. The van der Waals surface area contributed by atoms with Gasteiger partial charge in [-0.1, -0.05) is 6.07 Å². The van der Waals surface area contributed by atoms with Crippen molar-refractivity contribution in [3.63, 3.8) is 0 Å². The SMILES string of the molecule is Cc1ccc(CNC(=O)[C@H]2NCCO[C@@H]2C)cn1. The summed E-state index contributed by atoms with van der Waals surface area (Å²) in [5.41, 5.74) is 1.97. The number of carbonyl (C=O) groups is 1. The van der Waals surface area contributed by atoms with Gasteiger partial charge < -0.3 is 15.4 Å². The average Bonchev–Trinajstić information content (AvgIpc) is 2.38. The molecular formula is C13H19N3O2. The normalized spacial score (nSPS) is 23.7. The van der Waals surface area contributed by atoms with Crippen LogP contribution in [-0.4, -0.2) is 36.2 Å². The van der Waals surface area contributed by atoms with Crippen LogP contribution in [0.5, 0.6) is 0 Å². The summed E-state index contributed by atoms with van der Waals surface area (Å²) in [6, 6.07) is 3.64. The zero-order valence-electron chi connectivity index (χ0n) is 10.8. The lowest BCUT2D eigenvalue weighted by molar-refractivity contribution is -0.129. The van der Waals surface area contributed by atoms with Crippen LogP contribution in [0.1, 0.15) is 18.2 Å². The Hall–Kier alpha value is -1.46. The van der Waals surface area contributed by atoms with E-state index >= 15 is 0 Å². The zero-order chi connectivity index (χ0) is 13.0. The summed E-state index contributed by atoms with van der Waals surface area (Å²) >= 11 is 0. The highest BCUT2D eigenvalue weighted by Gasteiger charge is 2.27. The minimum absolute atomic E-state index is 0.0252. The number of amides is 1. The minimum Gasteiger partial charge on any atom is -0.375 e. The summed E-state index contributed by atoms with van der Waals surface area (Å²) in [6.07, 6.45) is 1.69. The fraction of sp³-hybridized carbons (Fsp3) is 0.538. The maximum absolute atomic E-state index is 12.0. The Morgan fingerprint density at radius 2 is 2.44 bits per heavy atom. The Labute approximate surface area is 107 Å². The highest BCUT2D eigenvalue weighted by atomic mass is 16.5. The smallest absolute Gasteiger partial charge is 0.240 e.